The SMILES string of the molecule is CC(=O)N1CCC[C@@H]1[C@H]1CCCN1Cc1ccn(-c2ccccc2)n1. The molecule has 3 heterocycles. The molecule has 0 radical (unpaired) electrons. The highest BCUT2D eigenvalue weighted by Crippen LogP contribution is 2.31. The van der Waals surface area contributed by atoms with E-state index in [2.05, 4.69) is 28.0 Å². The van der Waals surface area contributed by atoms with Crippen LogP contribution in [0.1, 0.15) is 38.3 Å². The maximum atomic E-state index is 11.9. The van der Waals surface area contributed by atoms with E-state index in [0.717, 1.165) is 43.9 Å². The van der Waals surface area contributed by atoms with Gasteiger partial charge >= 0.3 is 0 Å². The fourth-order valence-corrected chi connectivity index (χ4v) is 4.45. The Bertz CT molecular complexity index is 726. The lowest BCUT2D eigenvalue weighted by molar-refractivity contribution is -0.130. The van der Waals surface area contributed by atoms with Crippen molar-refractivity contribution in [2.75, 3.05) is 13.1 Å². The summed E-state index contributed by atoms with van der Waals surface area (Å²) >= 11 is 0. The van der Waals surface area contributed by atoms with Crippen LogP contribution in [0.4, 0.5) is 0 Å². The van der Waals surface area contributed by atoms with Crippen LogP contribution in [0.15, 0.2) is 42.6 Å². The van der Waals surface area contributed by atoms with E-state index in [4.69, 9.17) is 5.10 Å². The van der Waals surface area contributed by atoms with E-state index in [1.165, 1.54) is 12.8 Å². The molecule has 0 aliphatic carbocycles. The van der Waals surface area contributed by atoms with Crippen LogP contribution >= 0.6 is 0 Å². The van der Waals surface area contributed by atoms with Gasteiger partial charge in [-0.05, 0) is 50.4 Å². The summed E-state index contributed by atoms with van der Waals surface area (Å²) in [7, 11) is 0. The third kappa shape index (κ3) is 3.33. The largest absolute Gasteiger partial charge is 0.338 e. The summed E-state index contributed by atoms with van der Waals surface area (Å²) in [6.45, 7) is 4.60. The second-order valence-corrected chi connectivity index (χ2v) is 7.19. The Morgan fingerprint density at radius 3 is 2.64 bits per heavy atom. The Kier molecular flexibility index (Phi) is 4.57. The maximum absolute atomic E-state index is 11.9. The van der Waals surface area contributed by atoms with Gasteiger partial charge in [-0.3, -0.25) is 9.69 Å². The monoisotopic (exact) mass is 338 g/mol. The van der Waals surface area contributed by atoms with E-state index >= 15 is 0 Å². The van der Waals surface area contributed by atoms with Crippen molar-refractivity contribution in [3.8, 4) is 5.69 Å². The Labute approximate surface area is 149 Å². The summed E-state index contributed by atoms with van der Waals surface area (Å²) in [6, 6.07) is 13.2. The molecule has 0 bridgehead atoms. The van der Waals surface area contributed by atoms with E-state index in [9.17, 15) is 4.79 Å². The average molecular weight is 338 g/mol. The number of aromatic nitrogens is 2. The molecule has 1 aromatic carbocycles. The number of carbonyl (C=O) groups is 1. The fraction of sp³-hybridized carbons (Fsp3) is 0.500. The van der Waals surface area contributed by atoms with Crippen LogP contribution in [-0.2, 0) is 11.3 Å². The topological polar surface area (TPSA) is 41.4 Å². The van der Waals surface area contributed by atoms with E-state index in [-0.39, 0.29) is 5.91 Å². The summed E-state index contributed by atoms with van der Waals surface area (Å²) in [5, 5.41) is 4.75. The van der Waals surface area contributed by atoms with Crippen molar-refractivity contribution in [1.82, 2.24) is 19.6 Å². The number of hydrogen-bond acceptors (Lipinski definition) is 3. The predicted molar refractivity (Wildman–Crippen MR) is 97.4 cm³/mol. The lowest BCUT2D eigenvalue weighted by atomic mass is 10.0. The van der Waals surface area contributed by atoms with Crippen molar-refractivity contribution < 1.29 is 4.79 Å². The van der Waals surface area contributed by atoms with Crippen molar-refractivity contribution in [2.45, 2.75) is 51.2 Å². The molecule has 0 unspecified atom stereocenters. The average Bonchev–Trinajstić information content (AvgIpc) is 3.36. The zero-order valence-electron chi connectivity index (χ0n) is 14.8. The molecular formula is C20H26N4O. The van der Waals surface area contributed by atoms with Crippen LogP contribution in [0.5, 0.6) is 0 Å². The van der Waals surface area contributed by atoms with Gasteiger partial charge in [0.05, 0.1) is 11.4 Å². The minimum atomic E-state index is 0.225. The van der Waals surface area contributed by atoms with Gasteiger partial charge < -0.3 is 4.90 Å². The Balaban J connectivity index is 1.47. The number of para-hydroxylation sites is 1. The quantitative estimate of drug-likeness (QED) is 0.861. The molecule has 1 amide bonds. The number of nitrogens with zero attached hydrogens (tertiary/aromatic N) is 4. The van der Waals surface area contributed by atoms with Crippen molar-refractivity contribution >= 4 is 5.91 Å². The van der Waals surface area contributed by atoms with Gasteiger partial charge in [-0.15, -0.1) is 0 Å². The Morgan fingerprint density at radius 2 is 1.84 bits per heavy atom. The lowest BCUT2D eigenvalue weighted by Crippen LogP contribution is -2.47. The van der Waals surface area contributed by atoms with Gasteiger partial charge in [0.15, 0.2) is 0 Å². The van der Waals surface area contributed by atoms with Crippen LogP contribution in [0, 0.1) is 0 Å². The molecule has 2 aromatic rings. The van der Waals surface area contributed by atoms with Crippen LogP contribution in [0.25, 0.3) is 5.69 Å². The molecule has 2 aliphatic rings. The van der Waals surface area contributed by atoms with E-state index in [0.29, 0.717) is 12.1 Å². The highest BCUT2D eigenvalue weighted by atomic mass is 16.2. The van der Waals surface area contributed by atoms with Gasteiger partial charge in [0.1, 0.15) is 0 Å². The predicted octanol–water partition coefficient (Wildman–Crippen LogP) is 2.85. The second-order valence-electron chi connectivity index (χ2n) is 7.19. The zero-order chi connectivity index (χ0) is 17.2. The van der Waals surface area contributed by atoms with Gasteiger partial charge in [0.25, 0.3) is 0 Å². The lowest BCUT2D eigenvalue weighted by Gasteiger charge is -2.34. The van der Waals surface area contributed by atoms with Crippen molar-refractivity contribution in [3.05, 3.63) is 48.3 Å². The number of benzene rings is 1. The molecule has 4 rings (SSSR count). The Hall–Kier alpha value is -2.14. The highest BCUT2D eigenvalue weighted by Gasteiger charge is 2.38. The van der Waals surface area contributed by atoms with Gasteiger partial charge in [-0.2, -0.15) is 5.10 Å². The summed E-state index contributed by atoms with van der Waals surface area (Å²) in [5.41, 5.74) is 2.19. The van der Waals surface area contributed by atoms with Crippen molar-refractivity contribution in [1.29, 1.82) is 0 Å². The number of likely N-dealkylation sites (tertiary alicyclic amines) is 2. The molecule has 5 heteroatoms. The summed E-state index contributed by atoms with van der Waals surface area (Å²) in [5.74, 6) is 0.225. The first-order valence-corrected chi connectivity index (χ1v) is 9.33. The molecule has 0 N–H and O–H groups in total. The van der Waals surface area contributed by atoms with Crippen LogP contribution in [0.2, 0.25) is 0 Å². The van der Waals surface area contributed by atoms with Crippen LogP contribution < -0.4 is 0 Å². The molecule has 2 fully saturated rings. The molecule has 132 valence electrons. The van der Waals surface area contributed by atoms with Crippen molar-refractivity contribution in [2.24, 2.45) is 0 Å². The summed E-state index contributed by atoms with van der Waals surface area (Å²) < 4.78 is 1.94. The molecule has 1 aromatic heterocycles. The normalized spacial score (nSPS) is 24.1. The number of rotatable bonds is 4. The van der Waals surface area contributed by atoms with E-state index in [1.54, 1.807) is 6.92 Å². The molecule has 0 spiro atoms. The van der Waals surface area contributed by atoms with Crippen LogP contribution in [0.3, 0.4) is 0 Å². The van der Waals surface area contributed by atoms with Crippen LogP contribution in [-0.4, -0.2) is 50.7 Å². The maximum Gasteiger partial charge on any atom is 0.219 e. The first-order valence-electron chi connectivity index (χ1n) is 9.33. The third-order valence-corrected chi connectivity index (χ3v) is 5.59. The molecule has 2 saturated heterocycles. The minimum absolute atomic E-state index is 0.225. The zero-order valence-corrected chi connectivity index (χ0v) is 14.8. The number of carbonyl (C=O) groups excluding carboxylic acids is 1. The molecule has 0 saturated carbocycles. The van der Waals surface area contributed by atoms with Crippen molar-refractivity contribution in [3.63, 3.8) is 0 Å². The summed E-state index contributed by atoms with van der Waals surface area (Å²) in [6.07, 6.45) is 6.71. The molecule has 5 nitrogen and oxygen atoms in total. The Morgan fingerprint density at radius 1 is 1.08 bits per heavy atom. The van der Waals surface area contributed by atoms with Gasteiger partial charge in [-0.25, -0.2) is 4.68 Å². The number of hydrogen-bond donors (Lipinski definition) is 0. The van der Waals surface area contributed by atoms with Gasteiger partial charge in [0, 0.05) is 38.3 Å². The molecule has 25 heavy (non-hydrogen) atoms. The molecule has 2 atom stereocenters. The first kappa shape index (κ1) is 16.3. The minimum Gasteiger partial charge on any atom is -0.338 e. The van der Waals surface area contributed by atoms with Gasteiger partial charge in [0.2, 0.25) is 5.91 Å². The highest BCUT2D eigenvalue weighted by molar-refractivity contribution is 5.74. The second kappa shape index (κ2) is 7.00. The summed E-state index contributed by atoms with van der Waals surface area (Å²) in [4.78, 5) is 16.6. The standard InChI is InChI=1S/C20H26N4O/c1-16(25)23-13-6-10-20(23)19-9-5-12-22(19)15-17-11-14-24(21-17)18-7-3-2-4-8-18/h2-4,7-8,11,14,19-20H,5-6,9-10,12-13,15H2,1H3/t19-,20-/m1/s1. The van der Waals surface area contributed by atoms with E-state index < -0.39 is 0 Å². The third-order valence-electron chi connectivity index (χ3n) is 5.59. The fourth-order valence-electron chi connectivity index (χ4n) is 4.45. The number of amides is 1. The molecular weight excluding hydrogens is 312 g/mol. The van der Waals surface area contributed by atoms with E-state index in [1.807, 2.05) is 29.1 Å². The first-order chi connectivity index (χ1) is 12.2. The van der Waals surface area contributed by atoms with Gasteiger partial charge in [-0.1, -0.05) is 18.2 Å². The molecule has 2 aliphatic heterocycles. The smallest absolute Gasteiger partial charge is 0.219 e.